The maximum absolute atomic E-state index is 12.6. The van der Waals surface area contributed by atoms with E-state index in [1.54, 1.807) is 18.2 Å². The molecule has 144 valence electrons. The van der Waals surface area contributed by atoms with Gasteiger partial charge in [0.25, 0.3) is 5.91 Å². The molecule has 1 aromatic rings. The van der Waals surface area contributed by atoms with Crippen LogP contribution >= 0.6 is 12.4 Å². The number of carbonyl (C=O) groups is 2. The predicted molar refractivity (Wildman–Crippen MR) is 101 cm³/mol. The standard InChI is InChI=1S/C18H25N3O4.ClH/c1-24-15-7-6-12(9-16(15)25-10-17(19)22)20-18(23)14-8-11-4-2-3-5-13(11)21-14;/h6-7,9,11,13-14,21H,2-5,8,10H2,1H3,(H2,19,22)(H,20,23);1H. The Kier molecular flexibility index (Phi) is 7.11. The zero-order valence-electron chi connectivity index (χ0n) is 14.8. The number of ether oxygens (including phenoxy) is 2. The Morgan fingerprint density at radius 2 is 2.04 bits per heavy atom. The molecule has 0 spiro atoms. The van der Waals surface area contributed by atoms with Gasteiger partial charge in [-0.15, -0.1) is 12.4 Å². The molecule has 0 aromatic heterocycles. The second-order valence-corrected chi connectivity index (χ2v) is 6.72. The fourth-order valence-corrected chi connectivity index (χ4v) is 3.77. The third-order valence-corrected chi connectivity index (χ3v) is 4.98. The average Bonchev–Trinajstić information content (AvgIpc) is 3.04. The van der Waals surface area contributed by atoms with Crippen molar-refractivity contribution in [3.63, 3.8) is 0 Å². The number of nitrogens with one attached hydrogen (secondary N) is 2. The molecular weight excluding hydrogens is 358 g/mol. The van der Waals surface area contributed by atoms with Crippen molar-refractivity contribution < 1.29 is 19.1 Å². The summed E-state index contributed by atoms with van der Waals surface area (Å²) < 4.78 is 10.5. The number of rotatable bonds is 6. The van der Waals surface area contributed by atoms with Crippen LogP contribution in [0.4, 0.5) is 5.69 Å². The quantitative estimate of drug-likeness (QED) is 0.695. The monoisotopic (exact) mass is 383 g/mol. The van der Waals surface area contributed by atoms with Gasteiger partial charge in [-0.3, -0.25) is 9.59 Å². The maximum atomic E-state index is 12.6. The summed E-state index contributed by atoms with van der Waals surface area (Å²) in [6.45, 7) is -0.249. The summed E-state index contributed by atoms with van der Waals surface area (Å²) in [4.78, 5) is 23.5. The molecule has 3 unspecified atom stereocenters. The van der Waals surface area contributed by atoms with Crippen molar-refractivity contribution in [2.75, 3.05) is 19.0 Å². The number of halogens is 1. The van der Waals surface area contributed by atoms with Gasteiger partial charge in [0, 0.05) is 17.8 Å². The highest BCUT2D eigenvalue weighted by molar-refractivity contribution is 5.95. The van der Waals surface area contributed by atoms with E-state index < -0.39 is 5.91 Å². The number of primary amides is 1. The Hall–Kier alpha value is -1.99. The predicted octanol–water partition coefficient (Wildman–Crippen LogP) is 1.84. The van der Waals surface area contributed by atoms with Crippen molar-refractivity contribution in [1.29, 1.82) is 0 Å². The van der Waals surface area contributed by atoms with Crippen molar-refractivity contribution in [2.45, 2.75) is 44.2 Å². The number of benzene rings is 1. The molecule has 2 fully saturated rings. The summed E-state index contributed by atoms with van der Waals surface area (Å²) in [6, 6.07) is 5.38. The Morgan fingerprint density at radius 1 is 1.27 bits per heavy atom. The van der Waals surface area contributed by atoms with E-state index in [9.17, 15) is 9.59 Å². The van der Waals surface area contributed by atoms with Gasteiger partial charge in [0.1, 0.15) is 0 Å². The number of amides is 2. The SMILES string of the molecule is COc1ccc(NC(=O)C2CC3CCCCC3N2)cc1OCC(N)=O.Cl. The Bertz CT molecular complexity index is 641. The third kappa shape index (κ3) is 4.80. The lowest BCUT2D eigenvalue weighted by molar-refractivity contribution is -0.120. The number of fused-ring (bicyclic) bond motifs is 1. The van der Waals surface area contributed by atoms with Gasteiger partial charge in [0.05, 0.1) is 13.2 Å². The lowest BCUT2D eigenvalue weighted by Crippen LogP contribution is -2.39. The van der Waals surface area contributed by atoms with Gasteiger partial charge in [0.2, 0.25) is 5.91 Å². The third-order valence-electron chi connectivity index (χ3n) is 4.98. The van der Waals surface area contributed by atoms with Crippen molar-refractivity contribution in [1.82, 2.24) is 5.32 Å². The van der Waals surface area contributed by atoms with Crippen LogP contribution in [-0.4, -0.2) is 37.6 Å². The molecule has 1 saturated carbocycles. The van der Waals surface area contributed by atoms with E-state index in [0.717, 1.165) is 12.8 Å². The first-order valence-electron chi connectivity index (χ1n) is 8.73. The number of carbonyl (C=O) groups excluding carboxylic acids is 2. The van der Waals surface area contributed by atoms with Crippen molar-refractivity contribution in [2.24, 2.45) is 11.7 Å². The highest BCUT2D eigenvalue weighted by Gasteiger charge is 2.38. The van der Waals surface area contributed by atoms with Crippen molar-refractivity contribution >= 4 is 29.9 Å². The van der Waals surface area contributed by atoms with E-state index in [1.807, 2.05) is 0 Å². The van der Waals surface area contributed by atoms with Crippen LogP contribution in [0.15, 0.2) is 18.2 Å². The molecule has 26 heavy (non-hydrogen) atoms. The largest absolute Gasteiger partial charge is 0.493 e. The molecule has 1 saturated heterocycles. The Balaban J connectivity index is 0.00000243. The van der Waals surface area contributed by atoms with E-state index in [-0.39, 0.29) is 31.0 Å². The molecule has 0 bridgehead atoms. The zero-order valence-corrected chi connectivity index (χ0v) is 15.6. The number of methoxy groups -OCH3 is 1. The van der Waals surface area contributed by atoms with E-state index in [1.165, 1.54) is 26.4 Å². The minimum atomic E-state index is -0.575. The molecule has 4 N–H and O–H groups in total. The molecular formula is C18H26ClN3O4. The molecule has 2 amide bonds. The van der Waals surface area contributed by atoms with E-state index in [4.69, 9.17) is 15.2 Å². The topological polar surface area (TPSA) is 103 Å². The summed E-state index contributed by atoms with van der Waals surface area (Å²) in [7, 11) is 1.51. The van der Waals surface area contributed by atoms with Crippen LogP contribution in [-0.2, 0) is 9.59 Å². The van der Waals surface area contributed by atoms with Crippen molar-refractivity contribution in [3.05, 3.63) is 18.2 Å². The van der Waals surface area contributed by atoms with E-state index in [2.05, 4.69) is 10.6 Å². The first-order chi connectivity index (χ1) is 12.1. The van der Waals surface area contributed by atoms with Gasteiger partial charge in [0.15, 0.2) is 18.1 Å². The second-order valence-electron chi connectivity index (χ2n) is 6.72. The molecule has 3 atom stereocenters. The number of anilines is 1. The first kappa shape index (κ1) is 20.3. The van der Waals surface area contributed by atoms with Gasteiger partial charge in [-0.25, -0.2) is 0 Å². The van der Waals surface area contributed by atoms with E-state index >= 15 is 0 Å². The highest BCUT2D eigenvalue weighted by atomic mass is 35.5. The van der Waals surface area contributed by atoms with Crippen LogP contribution in [0.3, 0.4) is 0 Å². The molecule has 8 heteroatoms. The van der Waals surface area contributed by atoms with Crippen molar-refractivity contribution in [3.8, 4) is 11.5 Å². The summed E-state index contributed by atoms with van der Waals surface area (Å²) >= 11 is 0. The van der Waals surface area contributed by atoms with Crippen LogP contribution in [0.25, 0.3) is 0 Å². The summed E-state index contributed by atoms with van der Waals surface area (Å²) in [5.41, 5.74) is 5.71. The molecule has 7 nitrogen and oxygen atoms in total. The van der Waals surface area contributed by atoms with Crippen LogP contribution in [0.5, 0.6) is 11.5 Å². The molecule has 3 rings (SSSR count). The smallest absolute Gasteiger partial charge is 0.255 e. The molecule has 1 heterocycles. The first-order valence-corrected chi connectivity index (χ1v) is 8.73. The van der Waals surface area contributed by atoms with Crippen LogP contribution in [0, 0.1) is 5.92 Å². The highest BCUT2D eigenvalue weighted by Crippen LogP contribution is 2.34. The molecule has 2 aliphatic rings. The Morgan fingerprint density at radius 3 is 2.73 bits per heavy atom. The van der Waals surface area contributed by atoms with Crippen LogP contribution in [0.2, 0.25) is 0 Å². The van der Waals surface area contributed by atoms with Gasteiger partial charge < -0.3 is 25.8 Å². The lowest BCUT2D eigenvalue weighted by Gasteiger charge is -2.24. The fraction of sp³-hybridized carbons (Fsp3) is 0.556. The van der Waals surface area contributed by atoms with E-state index in [0.29, 0.717) is 29.1 Å². The zero-order chi connectivity index (χ0) is 17.8. The van der Waals surface area contributed by atoms with Crippen LogP contribution in [0.1, 0.15) is 32.1 Å². The minimum Gasteiger partial charge on any atom is -0.493 e. The second kappa shape index (κ2) is 9.09. The molecule has 1 aliphatic carbocycles. The normalized spacial score (nSPS) is 24.1. The van der Waals surface area contributed by atoms with Crippen LogP contribution < -0.4 is 25.8 Å². The fourth-order valence-electron chi connectivity index (χ4n) is 3.77. The van der Waals surface area contributed by atoms with Gasteiger partial charge >= 0.3 is 0 Å². The van der Waals surface area contributed by atoms with Gasteiger partial charge in [-0.05, 0) is 37.3 Å². The molecule has 1 aromatic carbocycles. The summed E-state index contributed by atoms with van der Waals surface area (Å²) in [5.74, 6) is 0.834. The number of hydrogen-bond acceptors (Lipinski definition) is 5. The lowest BCUT2D eigenvalue weighted by atomic mass is 9.85. The summed E-state index contributed by atoms with van der Waals surface area (Å²) in [5, 5.41) is 6.38. The Labute approximate surface area is 159 Å². The van der Waals surface area contributed by atoms with Gasteiger partial charge in [-0.1, -0.05) is 12.8 Å². The number of nitrogens with two attached hydrogens (primary N) is 1. The maximum Gasteiger partial charge on any atom is 0.255 e. The molecule has 0 radical (unpaired) electrons. The number of hydrogen-bond donors (Lipinski definition) is 3. The summed E-state index contributed by atoms with van der Waals surface area (Å²) in [6.07, 6.45) is 5.74. The molecule has 1 aliphatic heterocycles. The average molecular weight is 384 g/mol. The minimum absolute atomic E-state index is 0. The van der Waals surface area contributed by atoms with Gasteiger partial charge in [-0.2, -0.15) is 0 Å².